The molecule has 0 aliphatic heterocycles. The summed E-state index contributed by atoms with van der Waals surface area (Å²) >= 11 is 0. The highest BCUT2D eigenvalue weighted by molar-refractivity contribution is 5.98. The Bertz CT molecular complexity index is 3540. The first kappa shape index (κ1) is 42.8. The Balaban J connectivity index is 1.38. The predicted octanol–water partition coefficient (Wildman–Crippen LogP) is 18.8. The number of aromatic hydroxyl groups is 1. The van der Waals surface area contributed by atoms with Crippen molar-refractivity contribution >= 4 is 11.0 Å². The monoisotopic (exact) mass is 939 g/mol. The summed E-state index contributed by atoms with van der Waals surface area (Å²) < 4.78 is 48.6. The Kier molecular flexibility index (Phi) is 12.1. The lowest BCUT2D eigenvalue weighted by atomic mass is 9.68. The Morgan fingerprint density at radius 3 is 1.77 bits per heavy atom. The van der Waals surface area contributed by atoms with Crippen molar-refractivity contribution in [3.05, 3.63) is 192 Å². The fraction of sp³-hybridized carbons (Fsp3) is 0.284. The van der Waals surface area contributed by atoms with Crippen molar-refractivity contribution < 1.29 is 12.0 Å². The standard InChI is InChI=1S/C67H71N3O/c1-12-66(10,13-2)57-29-23-30-58(67(11,14-3)15-4)62(57)49-32-33-60(45(9)36-49)70-61-31-22-28-54(63(61)69-65(70)56-41-50(43(5)6)40-55(44(7)8)64(56)71)52-37-51(47-26-20-17-21-27-47)38-53(39-52)59-42-48(34-35-68-59)46-24-18-16-19-25-46/h16-44,71H,12-15H2,1-11H3/i9D3,43D,44D. The molecule has 0 amide bonds. The highest BCUT2D eigenvalue weighted by atomic mass is 16.3. The molecule has 360 valence electrons. The molecule has 71 heavy (non-hydrogen) atoms. The molecule has 4 nitrogen and oxygen atoms in total. The molecule has 9 rings (SSSR count). The molecule has 0 saturated heterocycles. The molecule has 1 N–H and O–H groups in total. The summed E-state index contributed by atoms with van der Waals surface area (Å²) in [4.78, 5) is 10.4. The summed E-state index contributed by atoms with van der Waals surface area (Å²) in [7, 11) is 0. The van der Waals surface area contributed by atoms with E-state index in [2.05, 4.69) is 114 Å². The van der Waals surface area contributed by atoms with Gasteiger partial charge in [0.15, 0.2) is 0 Å². The maximum Gasteiger partial charge on any atom is 0.149 e. The van der Waals surface area contributed by atoms with Gasteiger partial charge in [0.05, 0.1) is 28.0 Å². The molecule has 2 heterocycles. The highest BCUT2D eigenvalue weighted by Gasteiger charge is 2.33. The van der Waals surface area contributed by atoms with Crippen LogP contribution in [0.3, 0.4) is 0 Å². The molecule has 0 radical (unpaired) electrons. The van der Waals surface area contributed by atoms with Gasteiger partial charge in [-0.25, -0.2) is 4.98 Å². The SMILES string of the molecule is [2H]C([2H])([2H])c1cc(-c2c(C(C)(CC)CC)cccc2C(C)(CC)CC)ccc1-n1c(-c2cc(C([2H])(C)C)cc(C([2H])(C)C)c2O)nc2c(-c3cc(-c4ccccc4)cc(-c4cc(-c5ccccc5)ccn4)c3)cccc21. The smallest absolute Gasteiger partial charge is 0.149 e. The second-order valence-corrected chi connectivity index (χ2v) is 20.3. The van der Waals surface area contributed by atoms with E-state index >= 15 is 0 Å². The van der Waals surface area contributed by atoms with E-state index < -0.39 is 18.6 Å². The first-order valence-corrected chi connectivity index (χ1v) is 25.4. The first-order chi connectivity index (χ1) is 36.0. The number of pyridine rings is 1. The quantitative estimate of drug-likeness (QED) is 0.111. The van der Waals surface area contributed by atoms with Crippen LogP contribution < -0.4 is 0 Å². The van der Waals surface area contributed by atoms with Crippen molar-refractivity contribution in [1.29, 1.82) is 0 Å². The second-order valence-electron chi connectivity index (χ2n) is 20.3. The fourth-order valence-corrected chi connectivity index (χ4v) is 10.4. The van der Waals surface area contributed by atoms with E-state index in [0.717, 1.165) is 81.4 Å². The largest absolute Gasteiger partial charge is 0.507 e. The Hall–Kier alpha value is -7.04. The van der Waals surface area contributed by atoms with Gasteiger partial charge >= 0.3 is 0 Å². The fourth-order valence-electron chi connectivity index (χ4n) is 10.4. The van der Waals surface area contributed by atoms with Crippen molar-refractivity contribution in [2.24, 2.45) is 0 Å². The van der Waals surface area contributed by atoms with Gasteiger partial charge in [0.1, 0.15) is 11.6 Å². The van der Waals surface area contributed by atoms with E-state index in [-0.39, 0.29) is 22.1 Å². The van der Waals surface area contributed by atoms with Gasteiger partial charge in [-0.15, -0.1) is 0 Å². The summed E-state index contributed by atoms with van der Waals surface area (Å²) in [5.74, 6) is -2.25. The number of aromatic nitrogens is 3. The van der Waals surface area contributed by atoms with E-state index in [1.165, 1.54) is 11.1 Å². The third-order valence-electron chi connectivity index (χ3n) is 15.7. The van der Waals surface area contributed by atoms with Gasteiger partial charge in [0.2, 0.25) is 0 Å². The molecule has 4 heteroatoms. The number of para-hydroxylation sites is 1. The number of phenols is 1. The zero-order chi connectivity index (χ0) is 54.5. The van der Waals surface area contributed by atoms with Crippen LogP contribution in [0.15, 0.2) is 164 Å². The molecule has 0 spiro atoms. The van der Waals surface area contributed by atoms with Crippen molar-refractivity contribution in [2.75, 3.05) is 0 Å². The molecule has 7 aromatic carbocycles. The summed E-state index contributed by atoms with van der Waals surface area (Å²) in [6.45, 7) is 18.0. The van der Waals surface area contributed by atoms with Gasteiger partial charge < -0.3 is 5.11 Å². The summed E-state index contributed by atoms with van der Waals surface area (Å²) in [6.07, 6.45) is 5.48. The van der Waals surface area contributed by atoms with Crippen LogP contribution in [0.2, 0.25) is 0 Å². The molecule has 0 fully saturated rings. The molecular weight excluding hydrogens is 863 g/mol. The van der Waals surface area contributed by atoms with Gasteiger partial charge in [0, 0.05) is 24.2 Å². The maximum absolute atomic E-state index is 12.6. The lowest BCUT2D eigenvalue weighted by molar-refractivity contribution is 0.426. The van der Waals surface area contributed by atoms with Gasteiger partial charge in [-0.3, -0.25) is 9.55 Å². The third kappa shape index (κ3) is 9.14. The first-order valence-electron chi connectivity index (χ1n) is 27.9. The molecule has 2 aromatic heterocycles. The van der Waals surface area contributed by atoms with Gasteiger partial charge in [-0.05, 0) is 177 Å². The van der Waals surface area contributed by atoms with Crippen LogP contribution in [0.25, 0.3) is 83.9 Å². The van der Waals surface area contributed by atoms with Crippen LogP contribution >= 0.6 is 0 Å². The number of hydrogen-bond donors (Lipinski definition) is 1. The zero-order valence-corrected chi connectivity index (χ0v) is 43.2. The molecule has 0 atom stereocenters. The van der Waals surface area contributed by atoms with Crippen LogP contribution in [0.1, 0.15) is 141 Å². The average molecular weight is 939 g/mol. The number of phenolic OH excluding ortho intramolecular Hbond substituents is 1. The number of nitrogens with zero attached hydrogens (tertiary/aromatic N) is 3. The van der Waals surface area contributed by atoms with Crippen molar-refractivity contribution in [2.45, 2.75) is 124 Å². The minimum absolute atomic E-state index is 0.136. The summed E-state index contributed by atoms with van der Waals surface area (Å²) in [6, 6.07) is 53.1. The number of imidazole rings is 1. The normalized spacial score (nSPS) is 13.6. The van der Waals surface area contributed by atoms with Crippen LogP contribution in [-0.4, -0.2) is 19.6 Å². The van der Waals surface area contributed by atoms with E-state index in [4.69, 9.17) is 9.97 Å². The van der Waals surface area contributed by atoms with Gasteiger partial charge in [-0.1, -0.05) is 172 Å². The number of benzene rings is 7. The molecule has 0 aliphatic carbocycles. The Morgan fingerprint density at radius 2 is 1.17 bits per heavy atom. The molecule has 9 aromatic rings. The van der Waals surface area contributed by atoms with E-state index in [1.807, 2.05) is 83.6 Å². The second kappa shape index (κ2) is 20.0. The summed E-state index contributed by atoms with van der Waals surface area (Å²) in [5.41, 5.74) is 14.4. The summed E-state index contributed by atoms with van der Waals surface area (Å²) in [5, 5.41) is 12.6. The van der Waals surface area contributed by atoms with E-state index in [1.54, 1.807) is 39.8 Å². The average Bonchev–Trinajstić information content (AvgIpc) is 3.81. The number of rotatable bonds is 15. The lowest BCUT2D eigenvalue weighted by Crippen LogP contribution is -2.25. The topological polar surface area (TPSA) is 50.9 Å². The minimum Gasteiger partial charge on any atom is -0.507 e. The minimum atomic E-state index is -2.61. The number of aryl methyl sites for hydroxylation is 1. The van der Waals surface area contributed by atoms with E-state index in [9.17, 15) is 12.0 Å². The molecule has 0 unspecified atom stereocenters. The van der Waals surface area contributed by atoms with Crippen LogP contribution in [0.4, 0.5) is 0 Å². The molecule has 0 saturated carbocycles. The van der Waals surface area contributed by atoms with Crippen molar-refractivity contribution in [3.63, 3.8) is 0 Å². The van der Waals surface area contributed by atoms with Crippen LogP contribution in [0.5, 0.6) is 5.75 Å². The van der Waals surface area contributed by atoms with Crippen molar-refractivity contribution in [3.8, 4) is 78.6 Å². The molecule has 0 bridgehead atoms. The Labute approximate surface area is 430 Å². The van der Waals surface area contributed by atoms with Crippen molar-refractivity contribution in [1.82, 2.24) is 14.5 Å². The number of fused-ring (bicyclic) bond motifs is 1. The highest BCUT2D eigenvalue weighted by Crippen LogP contribution is 2.48. The predicted molar refractivity (Wildman–Crippen MR) is 302 cm³/mol. The van der Waals surface area contributed by atoms with Crippen LogP contribution in [-0.2, 0) is 10.8 Å². The van der Waals surface area contributed by atoms with Gasteiger partial charge in [0.25, 0.3) is 0 Å². The number of hydrogen-bond acceptors (Lipinski definition) is 3. The lowest BCUT2D eigenvalue weighted by Gasteiger charge is -2.36. The molecule has 0 aliphatic rings. The third-order valence-corrected chi connectivity index (χ3v) is 15.7. The van der Waals surface area contributed by atoms with Crippen LogP contribution in [0, 0.1) is 6.85 Å². The van der Waals surface area contributed by atoms with Gasteiger partial charge in [-0.2, -0.15) is 0 Å². The molecular formula is C67H71N3O. The zero-order valence-electron chi connectivity index (χ0n) is 48.2. The van der Waals surface area contributed by atoms with E-state index in [0.29, 0.717) is 39.2 Å². The Morgan fingerprint density at radius 1 is 0.563 bits per heavy atom. The maximum atomic E-state index is 12.6.